The predicted octanol–water partition coefficient (Wildman–Crippen LogP) is 5.14. The summed E-state index contributed by atoms with van der Waals surface area (Å²) >= 11 is 0. The molecule has 0 amide bonds. The van der Waals surface area contributed by atoms with Gasteiger partial charge in [-0.1, -0.05) is 24.3 Å². The number of pyridine rings is 1. The van der Waals surface area contributed by atoms with Gasteiger partial charge in [-0.25, -0.2) is 15.0 Å². The number of aryl methyl sites for hydroxylation is 1. The molecule has 1 saturated heterocycles. The van der Waals surface area contributed by atoms with E-state index in [-0.39, 0.29) is 0 Å². The van der Waals surface area contributed by atoms with Gasteiger partial charge < -0.3 is 25.8 Å². The summed E-state index contributed by atoms with van der Waals surface area (Å²) in [5.41, 5.74) is 2.65. The highest BCUT2D eigenvalue weighted by molar-refractivity contribution is 5.98. The number of hydrogen-bond acceptors (Lipinski definition) is 8. The topological polar surface area (TPSA) is 104 Å². The molecule has 192 valence electrons. The Morgan fingerprint density at radius 2 is 1.95 bits per heavy atom. The van der Waals surface area contributed by atoms with Crippen molar-refractivity contribution in [3.63, 3.8) is 0 Å². The standard InChI is InChI=1S/C29H34N6O2/c1-19-11-12-21-22(8-4-10-24(21)33-18-29(2,3)36)26(19)37-27-23(9-6-15-31-27)25-13-16-32-28(35-25)34-20-7-5-14-30-17-20/h4,6,8-13,15-16,20,30,33,36H,5,7,14,17-18H2,1-3H3,(H,32,34,35)/t20-/m0/s1. The molecule has 1 aliphatic rings. The van der Waals surface area contributed by atoms with Crippen LogP contribution in [0.1, 0.15) is 32.3 Å². The van der Waals surface area contributed by atoms with Crippen LogP contribution in [-0.2, 0) is 0 Å². The predicted molar refractivity (Wildman–Crippen MR) is 148 cm³/mol. The second-order valence-corrected chi connectivity index (χ2v) is 10.2. The van der Waals surface area contributed by atoms with Gasteiger partial charge in [-0.15, -0.1) is 0 Å². The molecular formula is C29H34N6O2. The van der Waals surface area contributed by atoms with Crippen LogP contribution in [0.4, 0.5) is 11.6 Å². The van der Waals surface area contributed by atoms with Gasteiger partial charge in [0.2, 0.25) is 11.8 Å². The van der Waals surface area contributed by atoms with Gasteiger partial charge in [0.25, 0.3) is 0 Å². The fourth-order valence-electron chi connectivity index (χ4n) is 4.54. The highest BCUT2D eigenvalue weighted by Gasteiger charge is 2.18. The average molecular weight is 499 g/mol. The van der Waals surface area contributed by atoms with Crippen molar-refractivity contribution in [2.75, 3.05) is 30.3 Å². The number of piperidine rings is 1. The first-order chi connectivity index (χ1) is 17.9. The number of nitrogens with one attached hydrogen (secondary N) is 3. The lowest BCUT2D eigenvalue weighted by atomic mass is 10.0. The van der Waals surface area contributed by atoms with Gasteiger partial charge in [-0.2, -0.15) is 0 Å². The number of anilines is 2. The lowest BCUT2D eigenvalue weighted by Gasteiger charge is -2.23. The Morgan fingerprint density at radius 3 is 2.76 bits per heavy atom. The Hall–Kier alpha value is -3.75. The van der Waals surface area contributed by atoms with Crippen molar-refractivity contribution in [1.82, 2.24) is 20.3 Å². The largest absolute Gasteiger partial charge is 0.437 e. The van der Waals surface area contributed by atoms with Crippen LogP contribution in [0, 0.1) is 6.92 Å². The normalized spacial score (nSPS) is 15.9. The third-order valence-electron chi connectivity index (χ3n) is 6.45. The molecule has 37 heavy (non-hydrogen) atoms. The third kappa shape index (κ3) is 5.98. The van der Waals surface area contributed by atoms with E-state index in [1.54, 1.807) is 26.2 Å². The molecule has 0 aliphatic carbocycles. The first-order valence-corrected chi connectivity index (χ1v) is 12.8. The van der Waals surface area contributed by atoms with E-state index in [4.69, 9.17) is 9.72 Å². The quantitative estimate of drug-likeness (QED) is 0.265. The second kappa shape index (κ2) is 10.7. The molecule has 0 unspecified atom stereocenters. The summed E-state index contributed by atoms with van der Waals surface area (Å²) in [7, 11) is 0. The van der Waals surface area contributed by atoms with E-state index in [2.05, 4.69) is 32.0 Å². The Balaban J connectivity index is 1.47. The van der Waals surface area contributed by atoms with Crippen molar-refractivity contribution in [1.29, 1.82) is 0 Å². The van der Waals surface area contributed by atoms with Gasteiger partial charge in [0.1, 0.15) is 5.75 Å². The number of hydrogen-bond donors (Lipinski definition) is 4. The fraction of sp³-hybridized carbons (Fsp3) is 0.345. The zero-order chi connectivity index (χ0) is 25.8. The van der Waals surface area contributed by atoms with Gasteiger partial charge in [0.05, 0.1) is 16.9 Å². The molecule has 0 bridgehead atoms. The van der Waals surface area contributed by atoms with Crippen LogP contribution in [0.15, 0.2) is 60.9 Å². The van der Waals surface area contributed by atoms with Gasteiger partial charge in [-0.05, 0) is 70.0 Å². The number of ether oxygens (including phenoxy) is 1. The maximum atomic E-state index is 10.2. The zero-order valence-electron chi connectivity index (χ0n) is 21.6. The number of aliphatic hydroxyl groups is 1. The zero-order valence-corrected chi connectivity index (χ0v) is 21.6. The minimum Gasteiger partial charge on any atom is -0.437 e. The van der Waals surface area contributed by atoms with Gasteiger partial charge in [0, 0.05) is 48.0 Å². The van der Waals surface area contributed by atoms with E-state index in [9.17, 15) is 5.11 Å². The number of nitrogens with zero attached hydrogens (tertiary/aromatic N) is 3. The molecule has 3 heterocycles. The van der Waals surface area contributed by atoms with Gasteiger partial charge in [0.15, 0.2) is 0 Å². The monoisotopic (exact) mass is 498 g/mol. The van der Waals surface area contributed by atoms with Crippen molar-refractivity contribution in [3.05, 3.63) is 66.5 Å². The molecule has 1 fully saturated rings. The van der Waals surface area contributed by atoms with Crippen LogP contribution >= 0.6 is 0 Å². The number of benzene rings is 2. The van der Waals surface area contributed by atoms with Gasteiger partial charge in [-0.3, -0.25) is 0 Å². The van der Waals surface area contributed by atoms with Crippen molar-refractivity contribution >= 4 is 22.4 Å². The number of fused-ring (bicyclic) bond motifs is 1. The van der Waals surface area contributed by atoms with Gasteiger partial charge >= 0.3 is 0 Å². The van der Waals surface area contributed by atoms with Crippen molar-refractivity contribution in [2.24, 2.45) is 0 Å². The van der Waals surface area contributed by atoms with E-state index in [1.807, 2.05) is 49.4 Å². The average Bonchev–Trinajstić information content (AvgIpc) is 2.89. The molecule has 4 aromatic rings. The summed E-state index contributed by atoms with van der Waals surface area (Å²) in [5.74, 6) is 1.83. The highest BCUT2D eigenvalue weighted by atomic mass is 16.5. The molecule has 0 radical (unpaired) electrons. The lowest BCUT2D eigenvalue weighted by Crippen LogP contribution is -2.38. The molecule has 1 atom stereocenters. The smallest absolute Gasteiger partial charge is 0.228 e. The SMILES string of the molecule is Cc1ccc2c(NCC(C)(C)O)cccc2c1Oc1ncccc1-c1ccnc(N[C@H]2CCCNC2)n1. The summed E-state index contributed by atoms with van der Waals surface area (Å²) < 4.78 is 6.52. The first kappa shape index (κ1) is 24.9. The Bertz CT molecular complexity index is 1380. The lowest BCUT2D eigenvalue weighted by molar-refractivity contribution is 0.0945. The van der Waals surface area contributed by atoms with E-state index in [0.717, 1.165) is 65.0 Å². The first-order valence-electron chi connectivity index (χ1n) is 12.8. The second-order valence-electron chi connectivity index (χ2n) is 10.2. The molecule has 0 spiro atoms. The van der Waals surface area contributed by atoms with E-state index in [1.165, 1.54) is 0 Å². The maximum absolute atomic E-state index is 10.2. The van der Waals surface area contributed by atoms with Crippen LogP contribution in [0.5, 0.6) is 11.6 Å². The third-order valence-corrected chi connectivity index (χ3v) is 6.45. The summed E-state index contributed by atoms with van der Waals surface area (Å²) in [4.78, 5) is 13.8. The Morgan fingerprint density at radius 1 is 1.05 bits per heavy atom. The molecule has 8 heteroatoms. The van der Waals surface area contributed by atoms with Crippen molar-refractivity contribution in [3.8, 4) is 22.9 Å². The van der Waals surface area contributed by atoms with Crippen LogP contribution in [0.2, 0.25) is 0 Å². The molecular weight excluding hydrogens is 464 g/mol. The molecule has 8 nitrogen and oxygen atoms in total. The van der Waals surface area contributed by atoms with Crippen LogP contribution < -0.4 is 20.7 Å². The van der Waals surface area contributed by atoms with Crippen molar-refractivity contribution in [2.45, 2.75) is 45.3 Å². The molecule has 5 rings (SSSR count). The fourth-order valence-corrected chi connectivity index (χ4v) is 4.54. The highest BCUT2D eigenvalue weighted by Crippen LogP contribution is 2.38. The van der Waals surface area contributed by atoms with Crippen molar-refractivity contribution < 1.29 is 9.84 Å². The van der Waals surface area contributed by atoms with Crippen LogP contribution in [0.25, 0.3) is 22.0 Å². The summed E-state index contributed by atoms with van der Waals surface area (Å²) in [5, 5.41) is 22.4. The Kier molecular flexibility index (Phi) is 7.21. The number of aromatic nitrogens is 3. The summed E-state index contributed by atoms with van der Waals surface area (Å²) in [6, 6.07) is 16.2. The van der Waals surface area contributed by atoms with Crippen LogP contribution in [0.3, 0.4) is 0 Å². The summed E-state index contributed by atoms with van der Waals surface area (Å²) in [6.07, 6.45) is 5.72. The molecule has 2 aromatic carbocycles. The molecule has 1 aliphatic heterocycles. The van der Waals surface area contributed by atoms with E-state index in [0.29, 0.717) is 24.4 Å². The minimum atomic E-state index is -0.826. The van der Waals surface area contributed by atoms with Crippen LogP contribution in [-0.4, -0.2) is 51.3 Å². The summed E-state index contributed by atoms with van der Waals surface area (Å²) in [6.45, 7) is 7.99. The van der Waals surface area contributed by atoms with E-state index < -0.39 is 5.60 Å². The van der Waals surface area contributed by atoms with E-state index >= 15 is 0 Å². The minimum absolute atomic E-state index is 0.311. The molecule has 4 N–H and O–H groups in total. The maximum Gasteiger partial charge on any atom is 0.228 e. The Labute approximate surface area is 217 Å². The molecule has 0 saturated carbocycles. The molecule has 2 aromatic heterocycles. The number of rotatable bonds is 8.